The molecule has 1 aromatic carbocycles. The molecule has 0 bridgehead atoms. The highest BCUT2D eigenvalue weighted by molar-refractivity contribution is 5.86. The molecule has 1 aliphatic rings. The fourth-order valence-electron chi connectivity index (χ4n) is 1.91. The largest absolute Gasteiger partial charge is 0.481 e. The van der Waals surface area contributed by atoms with Gasteiger partial charge in [0.25, 0.3) is 0 Å². The van der Waals surface area contributed by atoms with Gasteiger partial charge in [-0.05, 0) is 12.0 Å². The molecule has 1 aliphatic carbocycles. The second kappa shape index (κ2) is 3.10. The zero-order valence-corrected chi connectivity index (χ0v) is 7.93. The van der Waals surface area contributed by atoms with Gasteiger partial charge in [-0.3, -0.25) is 4.79 Å². The Kier molecular flexibility index (Phi) is 2.04. The minimum Gasteiger partial charge on any atom is -0.481 e. The number of benzene rings is 1. The average molecular weight is 192 g/mol. The van der Waals surface area contributed by atoms with E-state index in [1.807, 2.05) is 30.3 Å². The zero-order chi connectivity index (χ0) is 10.2. The lowest BCUT2D eigenvalue weighted by atomic mass is 9.96. The van der Waals surface area contributed by atoms with E-state index < -0.39 is 11.4 Å². The van der Waals surface area contributed by atoms with Gasteiger partial charge in [0.2, 0.25) is 0 Å². The maximum atomic E-state index is 11.2. The number of hydrogen-bond donors (Lipinski definition) is 1. The lowest BCUT2D eigenvalue weighted by Crippen LogP contribution is -2.24. The molecule has 2 atom stereocenters. The van der Waals surface area contributed by atoms with Crippen LogP contribution < -0.4 is 0 Å². The van der Waals surface area contributed by atoms with Crippen LogP contribution in [0, 0.1) is 0 Å². The second-order valence-electron chi connectivity index (χ2n) is 3.57. The van der Waals surface area contributed by atoms with Crippen molar-refractivity contribution < 1.29 is 14.6 Å². The van der Waals surface area contributed by atoms with Crippen molar-refractivity contribution in [3.05, 3.63) is 35.9 Å². The van der Waals surface area contributed by atoms with E-state index >= 15 is 0 Å². The molecule has 1 saturated carbocycles. The number of carboxylic acids is 1. The van der Waals surface area contributed by atoms with Gasteiger partial charge in [-0.15, -0.1) is 0 Å². The highest BCUT2D eigenvalue weighted by Crippen LogP contribution is 2.50. The van der Waals surface area contributed by atoms with Gasteiger partial charge in [0.05, 0.1) is 6.10 Å². The molecule has 74 valence electrons. The molecule has 2 rings (SSSR count). The first-order valence-corrected chi connectivity index (χ1v) is 4.53. The van der Waals surface area contributed by atoms with E-state index in [1.54, 1.807) is 7.11 Å². The normalized spacial score (nSPS) is 29.9. The van der Waals surface area contributed by atoms with Crippen LogP contribution in [-0.4, -0.2) is 24.3 Å². The van der Waals surface area contributed by atoms with Gasteiger partial charge in [-0.2, -0.15) is 0 Å². The van der Waals surface area contributed by atoms with Crippen molar-refractivity contribution in [2.24, 2.45) is 0 Å². The van der Waals surface area contributed by atoms with Crippen LogP contribution >= 0.6 is 0 Å². The molecule has 1 N–H and O–H groups in total. The first kappa shape index (κ1) is 9.21. The number of hydrogen-bond acceptors (Lipinski definition) is 2. The molecule has 2 unspecified atom stereocenters. The van der Waals surface area contributed by atoms with Crippen LogP contribution in [0.25, 0.3) is 0 Å². The molecular weight excluding hydrogens is 180 g/mol. The van der Waals surface area contributed by atoms with Crippen molar-refractivity contribution in [2.45, 2.75) is 17.9 Å². The summed E-state index contributed by atoms with van der Waals surface area (Å²) < 4.78 is 5.11. The van der Waals surface area contributed by atoms with E-state index in [1.165, 1.54) is 0 Å². The Morgan fingerprint density at radius 2 is 2.14 bits per heavy atom. The Balaban J connectivity index is 2.36. The number of carbonyl (C=O) groups is 1. The van der Waals surface area contributed by atoms with Gasteiger partial charge >= 0.3 is 5.97 Å². The summed E-state index contributed by atoms with van der Waals surface area (Å²) >= 11 is 0. The third kappa shape index (κ3) is 1.13. The van der Waals surface area contributed by atoms with Crippen LogP contribution in [0.4, 0.5) is 0 Å². The van der Waals surface area contributed by atoms with Gasteiger partial charge in [0, 0.05) is 7.11 Å². The van der Waals surface area contributed by atoms with E-state index in [2.05, 4.69) is 0 Å². The van der Waals surface area contributed by atoms with Crippen LogP contribution in [0.15, 0.2) is 30.3 Å². The van der Waals surface area contributed by atoms with Crippen molar-refractivity contribution in [1.29, 1.82) is 0 Å². The summed E-state index contributed by atoms with van der Waals surface area (Å²) in [6.45, 7) is 0. The molecule has 14 heavy (non-hydrogen) atoms. The number of rotatable bonds is 3. The van der Waals surface area contributed by atoms with Crippen molar-refractivity contribution in [3.8, 4) is 0 Å². The minimum absolute atomic E-state index is 0.178. The van der Waals surface area contributed by atoms with E-state index in [0.29, 0.717) is 6.42 Å². The standard InChI is InChI=1S/C11H12O3/c1-14-9-7-11(9,10(12)13)8-5-3-2-4-6-8/h2-6,9H,7H2,1H3,(H,12,13). The Labute approximate surface area is 82.3 Å². The Morgan fingerprint density at radius 1 is 1.50 bits per heavy atom. The average Bonchev–Trinajstić information content (AvgIpc) is 2.94. The van der Waals surface area contributed by atoms with Crippen LogP contribution in [0.5, 0.6) is 0 Å². The summed E-state index contributed by atoms with van der Waals surface area (Å²) in [6, 6.07) is 9.26. The lowest BCUT2D eigenvalue weighted by Gasteiger charge is -2.11. The predicted molar refractivity (Wildman–Crippen MR) is 51.2 cm³/mol. The molecule has 0 spiro atoms. The maximum Gasteiger partial charge on any atom is 0.316 e. The summed E-state index contributed by atoms with van der Waals surface area (Å²) in [5.74, 6) is -0.796. The number of carboxylic acid groups (broad SMARTS) is 1. The Morgan fingerprint density at radius 3 is 2.57 bits per heavy atom. The van der Waals surface area contributed by atoms with Gasteiger partial charge in [0.1, 0.15) is 5.41 Å². The molecule has 1 aromatic rings. The second-order valence-corrected chi connectivity index (χ2v) is 3.57. The maximum absolute atomic E-state index is 11.2. The van der Waals surface area contributed by atoms with Crippen LogP contribution in [0.1, 0.15) is 12.0 Å². The van der Waals surface area contributed by atoms with Crippen molar-refractivity contribution >= 4 is 5.97 Å². The molecule has 0 radical (unpaired) electrons. The number of aliphatic carboxylic acids is 1. The smallest absolute Gasteiger partial charge is 0.316 e. The molecule has 3 heteroatoms. The minimum atomic E-state index is -0.796. The van der Waals surface area contributed by atoms with Crippen molar-refractivity contribution in [1.82, 2.24) is 0 Å². The van der Waals surface area contributed by atoms with Gasteiger partial charge in [-0.1, -0.05) is 30.3 Å². The van der Waals surface area contributed by atoms with E-state index in [4.69, 9.17) is 4.74 Å². The third-order valence-corrected chi connectivity index (χ3v) is 2.85. The predicted octanol–water partition coefficient (Wildman–Crippen LogP) is 1.43. The van der Waals surface area contributed by atoms with Crippen molar-refractivity contribution in [2.75, 3.05) is 7.11 Å². The van der Waals surface area contributed by atoms with Crippen LogP contribution in [0.2, 0.25) is 0 Å². The quantitative estimate of drug-likeness (QED) is 0.788. The number of methoxy groups -OCH3 is 1. The fraction of sp³-hybridized carbons (Fsp3) is 0.364. The van der Waals surface area contributed by atoms with Gasteiger partial charge in [0.15, 0.2) is 0 Å². The van der Waals surface area contributed by atoms with E-state index in [0.717, 1.165) is 5.56 Å². The summed E-state index contributed by atoms with van der Waals surface area (Å²) in [5.41, 5.74) is 0.0371. The SMILES string of the molecule is COC1CC1(C(=O)O)c1ccccc1. The monoisotopic (exact) mass is 192 g/mol. The molecule has 0 amide bonds. The van der Waals surface area contributed by atoms with E-state index in [9.17, 15) is 9.90 Å². The third-order valence-electron chi connectivity index (χ3n) is 2.85. The molecule has 0 aliphatic heterocycles. The summed E-state index contributed by atoms with van der Waals surface area (Å²) in [6.07, 6.45) is 0.394. The summed E-state index contributed by atoms with van der Waals surface area (Å²) in [7, 11) is 1.55. The molecule has 1 fully saturated rings. The highest BCUT2D eigenvalue weighted by Gasteiger charge is 2.62. The van der Waals surface area contributed by atoms with Crippen molar-refractivity contribution in [3.63, 3.8) is 0 Å². The van der Waals surface area contributed by atoms with Crippen LogP contribution in [-0.2, 0) is 14.9 Å². The highest BCUT2D eigenvalue weighted by atomic mass is 16.5. The molecular formula is C11H12O3. The van der Waals surface area contributed by atoms with E-state index in [-0.39, 0.29) is 6.10 Å². The summed E-state index contributed by atoms with van der Waals surface area (Å²) in [5, 5.41) is 9.18. The molecule has 3 nitrogen and oxygen atoms in total. The molecule has 0 heterocycles. The molecule has 0 aromatic heterocycles. The fourth-order valence-corrected chi connectivity index (χ4v) is 1.91. The van der Waals surface area contributed by atoms with Gasteiger partial charge in [-0.25, -0.2) is 0 Å². The number of ether oxygens (including phenoxy) is 1. The van der Waals surface area contributed by atoms with Crippen LogP contribution in [0.3, 0.4) is 0 Å². The topological polar surface area (TPSA) is 46.5 Å². The molecule has 0 saturated heterocycles. The lowest BCUT2D eigenvalue weighted by molar-refractivity contribution is -0.141. The Hall–Kier alpha value is -1.35. The first-order valence-electron chi connectivity index (χ1n) is 4.53. The Bertz CT molecular complexity index is 347. The first-order chi connectivity index (χ1) is 6.71. The zero-order valence-electron chi connectivity index (χ0n) is 7.93. The van der Waals surface area contributed by atoms with Gasteiger partial charge < -0.3 is 9.84 Å². The summed E-state index contributed by atoms with van der Waals surface area (Å²) in [4.78, 5) is 11.2.